The van der Waals surface area contributed by atoms with Crippen molar-refractivity contribution in [3.8, 4) is 0 Å². The average Bonchev–Trinajstić information content (AvgIpc) is 2.45. The van der Waals surface area contributed by atoms with E-state index in [1.807, 2.05) is 0 Å². The normalized spacial score (nSPS) is 10.4. The van der Waals surface area contributed by atoms with Gasteiger partial charge in [-0.1, -0.05) is 0 Å². The minimum absolute atomic E-state index is 0.140. The van der Waals surface area contributed by atoms with E-state index in [1.54, 1.807) is 13.0 Å². The number of amides is 1. The number of nitrogens with one attached hydrogen (secondary N) is 1. The fraction of sp³-hybridized carbons (Fsp3) is 0.308. The molecule has 1 amide bonds. The Hall–Kier alpha value is -2.77. The summed E-state index contributed by atoms with van der Waals surface area (Å²) in [5.74, 6) is -0.411. The van der Waals surface area contributed by atoms with Crippen molar-refractivity contribution in [3.05, 3.63) is 56.4 Å². The van der Waals surface area contributed by atoms with E-state index in [9.17, 15) is 14.4 Å². The van der Waals surface area contributed by atoms with Crippen molar-refractivity contribution in [1.29, 1.82) is 0 Å². The topological polar surface area (TPSA) is 98.9 Å². The van der Waals surface area contributed by atoms with E-state index in [0.29, 0.717) is 0 Å². The van der Waals surface area contributed by atoms with Crippen LogP contribution in [0.1, 0.15) is 16.2 Å². The SMILES string of the molecule is Cc1ccc(=O)n(CCNC(=O)c2ccc(=O)n(C)n2)n1. The van der Waals surface area contributed by atoms with E-state index < -0.39 is 5.91 Å². The molecule has 0 spiro atoms. The molecule has 0 aliphatic rings. The van der Waals surface area contributed by atoms with Crippen LogP contribution >= 0.6 is 0 Å². The molecule has 2 aromatic rings. The number of aromatic nitrogens is 4. The molecule has 2 aromatic heterocycles. The second-order valence-electron chi connectivity index (χ2n) is 4.47. The molecule has 0 unspecified atom stereocenters. The third-order valence-corrected chi connectivity index (χ3v) is 2.80. The van der Waals surface area contributed by atoms with Crippen molar-refractivity contribution in [2.45, 2.75) is 13.5 Å². The zero-order valence-electron chi connectivity index (χ0n) is 11.7. The molecule has 0 aliphatic heterocycles. The van der Waals surface area contributed by atoms with Gasteiger partial charge in [0.25, 0.3) is 17.0 Å². The van der Waals surface area contributed by atoms with Gasteiger partial charge in [-0.25, -0.2) is 9.36 Å². The van der Waals surface area contributed by atoms with Gasteiger partial charge in [-0.05, 0) is 19.1 Å². The minimum Gasteiger partial charge on any atom is -0.349 e. The fourth-order valence-electron chi connectivity index (χ4n) is 1.70. The second kappa shape index (κ2) is 6.12. The Bertz CT molecular complexity index is 778. The smallest absolute Gasteiger partial charge is 0.271 e. The highest BCUT2D eigenvalue weighted by molar-refractivity contribution is 5.91. The molecule has 8 nitrogen and oxygen atoms in total. The molecule has 0 atom stereocenters. The van der Waals surface area contributed by atoms with Crippen LogP contribution in [0.5, 0.6) is 0 Å². The van der Waals surface area contributed by atoms with Gasteiger partial charge in [0.2, 0.25) is 0 Å². The Morgan fingerprint density at radius 2 is 1.86 bits per heavy atom. The van der Waals surface area contributed by atoms with Gasteiger partial charge >= 0.3 is 0 Å². The molecule has 2 heterocycles. The predicted octanol–water partition coefficient (Wildman–Crippen LogP) is -0.925. The lowest BCUT2D eigenvalue weighted by atomic mass is 10.3. The lowest BCUT2D eigenvalue weighted by Gasteiger charge is -2.07. The molecule has 0 bridgehead atoms. The third-order valence-electron chi connectivity index (χ3n) is 2.80. The first kappa shape index (κ1) is 14.6. The molecule has 8 heteroatoms. The highest BCUT2D eigenvalue weighted by Gasteiger charge is 2.08. The summed E-state index contributed by atoms with van der Waals surface area (Å²) in [4.78, 5) is 34.6. The van der Waals surface area contributed by atoms with E-state index in [0.717, 1.165) is 10.4 Å². The predicted molar refractivity (Wildman–Crippen MR) is 75.0 cm³/mol. The molecule has 21 heavy (non-hydrogen) atoms. The molecule has 2 rings (SSSR count). The standard InChI is InChI=1S/C13H15N5O3/c1-9-3-5-12(20)18(15-9)8-7-14-13(21)10-4-6-11(19)17(2)16-10/h3-6H,7-8H2,1-2H3,(H,14,21). The maximum atomic E-state index is 11.9. The summed E-state index contributed by atoms with van der Waals surface area (Å²) in [5, 5.41) is 10.5. The number of rotatable bonds is 4. The first-order valence-electron chi connectivity index (χ1n) is 6.35. The summed E-state index contributed by atoms with van der Waals surface area (Å²) in [6.07, 6.45) is 0. The maximum Gasteiger partial charge on any atom is 0.271 e. The fourth-order valence-corrected chi connectivity index (χ4v) is 1.70. The first-order chi connectivity index (χ1) is 9.97. The van der Waals surface area contributed by atoms with Crippen LogP contribution in [0.15, 0.2) is 33.9 Å². The molecule has 0 fully saturated rings. The van der Waals surface area contributed by atoms with Crippen LogP contribution in [-0.2, 0) is 13.6 Å². The lowest BCUT2D eigenvalue weighted by molar-refractivity contribution is 0.0944. The van der Waals surface area contributed by atoms with Crippen LogP contribution in [0.3, 0.4) is 0 Å². The Kier molecular flexibility index (Phi) is 4.27. The number of aryl methyl sites for hydroxylation is 2. The molecule has 0 aliphatic carbocycles. The van der Waals surface area contributed by atoms with E-state index in [2.05, 4.69) is 15.5 Å². The van der Waals surface area contributed by atoms with Crippen molar-refractivity contribution < 1.29 is 4.79 Å². The van der Waals surface area contributed by atoms with Crippen LogP contribution < -0.4 is 16.4 Å². The lowest BCUT2D eigenvalue weighted by Crippen LogP contribution is -2.33. The number of carbonyl (C=O) groups excluding carboxylic acids is 1. The quantitative estimate of drug-likeness (QED) is 0.784. The number of hydrogen-bond acceptors (Lipinski definition) is 5. The van der Waals surface area contributed by atoms with Gasteiger partial charge in [0, 0.05) is 25.7 Å². The van der Waals surface area contributed by atoms with Crippen molar-refractivity contribution in [2.24, 2.45) is 7.05 Å². The van der Waals surface area contributed by atoms with Crippen molar-refractivity contribution >= 4 is 5.91 Å². The first-order valence-corrected chi connectivity index (χ1v) is 6.35. The Morgan fingerprint density at radius 1 is 1.14 bits per heavy atom. The third kappa shape index (κ3) is 3.62. The molecule has 110 valence electrons. The largest absolute Gasteiger partial charge is 0.349 e. The second-order valence-corrected chi connectivity index (χ2v) is 4.47. The zero-order chi connectivity index (χ0) is 15.4. The summed E-state index contributed by atoms with van der Waals surface area (Å²) >= 11 is 0. The number of carbonyl (C=O) groups is 1. The van der Waals surface area contributed by atoms with Crippen LogP contribution in [0.4, 0.5) is 0 Å². The van der Waals surface area contributed by atoms with Gasteiger partial charge in [0.15, 0.2) is 0 Å². The minimum atomic E-state index is -0.411. The van der Waals surface area contributed by atoms with Crippen LogP contribution in [-0.4, -0.2) is 32.0 Å². The van der Waals surface area contributed by atoms with E-state index in [4.69, 9.17) is 0 Å². The Morgan fingerprint density at radius 3 is 2.57 bits per heavy atom. The van der Waals surface area contributed by atoms with E-state index >= 15 is 0 Å². The molecule has 0 radical (unpaired) electrons. The number of hydrogen-bond donors (Lipinski definition) is 1. The molecule has 0 aromatic carbocycles. The summed E-state index contributed by atoms with van der Waals surface area (Å²) in [7, 11) is 1.47. The molecule has 0 saturated carbocycles. The Labute approximate surface area is 120 Å². The molecular weight excluding hydrogens is 274 g/mol. The van der Waals surface area contributed by atoms with Crippen LogP contribution in [0.25, 0.3) is 0 Å². The summed E-state index contributed by atoms with van der Waals surface area (Å²) in [5.41, 5.74) is 0.347. The van der Waals surface area contributed by atoms with Crippen LogP contribution in [0.2, 0.25) is 0 Å². The highest BCUT2D eigenvalue weighted by Crippen LogP contribution is 1.90. The maximum absolute atomic E-state index is 11.9. The summed E-state index contributed by atoms with van der Waals surface area (Å²) in [6, 6.07) is 5.69. The number of nitrogens with zero attached hydrogens (tertiary/aromatic N) is 4. The highest BCUT2D eigenvalue weighted by atomic mass is 16.2. The molecule has 1 N–H and O–H groups in total. The molecular formula is C13H15N5O3. The monoisotopic (exact) mass is 289 g/mol. The van der Waals surface area contributed by atoms with Crippen LogP contribution in [0, 0.1) is 6.92 Å². The Balaban J connectivity index is 1.98. The van der Waals surface area contributed by atoms with E-state index in [-0.39, 0.29) is 29.9 Å². The van der Waals surface area contributed by atoms with Crippen molar-refractivity contribution in [3.63, 3.8) is 0 Å². The van der Waals surface area contributed by atoms with Crippen molar-refractivity contribution in [1.82, 2.24) is 24.9 Å². The van der Waals surface area contributed by atoms with E-state index in [1.165, 1.54) is 29.9 Å². The summed E-state index contributed by atoms with van der Waals surface area (Å²) < 4.78 is 2.37. The zero-order valence-corrected chi connectivity index (χ0v) is 11.7. The van der Waals surface area contributed by atoms with Gasteiger partial charge in [0.05, 0.1) is 12.2 Å². The van der Waals surface area contributed by atoms with Crippen molar-refractivity contribution in [2.75, 3.05) is 6.54 Å². The van der Waals surface area contributed by atoms with Gasteiger partial charge in [-0.3, -0.25) is 14.4 Å². The van der Waals surface area contributed by atoms with Gasteiger partial charge in [0.1, 0.15) is 5.69 Å². The summed E-state index contributed by atoms with van der Waals surface area (Å²) in [6.45, 7) is 2.28. The molecule has 0 saturated heterocycles. The average molecular weight is 289 g/mol. The van der Waals surface area contributed by atoms with Gasteiger partial charge in [-0.15, -0.1) is 0 Å². The van der Waals surface area contributed by atoms with Gasteiger partial charge in [-0.2, -0.15) is 10.2 Å². The van der Waals surface area contributed by atoms with Gasteiger partial charge < -0.3 is 5.32 Å².